The Labute approximate surface area is 144 Å². The maximum atomic E-state index is 12.6. The molecule has 0 radical (unpaired) electrons. The molecule has 5 heteroatoms. The molecule has 0 aliphatic carbocycles. The monoisotopic (exact) mass is 338 g/mol. The van der Waals surface area contributed by atoms with Gasteiger partial charge in [-0.1, -0.05) is 0 Å². The van der Waals surface area contributed by atoms with Crippen molar-refractivity contribution in [2.45, 2.75) is 13.8 Å². The average Bonchev–Trinajstić information content (AvgIpc) is 2.61. The van der Waals surface area contributed by atoms with Gasteiger partial charge in [-0.15, -0.1) is 0 Å². The molecule has 3 rings (SSSR count). The summed E-state index contributed by atoms with van der Waals surface area (Å²) < 4.78 is 16.5. The predicted molar refractivity (Wildman–Crippen MR) is 95.8 cm³/mol. The van der Waals surface area contributed by atoms with Gasteiger partial charge in [-0.3, -0.25) is 9.59 Å². The van der Waals surface area contributed by atoms with Crippen LogP contribution >= 0.6 is 0 Å². The van der Waals surface area contributed by atoms with Gasteiger partial charge in [0.25, 0.3) is 0 Å². The molecular formula is C20H18O5. The molecule has 3 aromatic rings. The molecule has 0 amide bonds. The van der Waals surface area contributed by atoms with Crippen molar-refractivity contribution >= 4 is 16.8 Å². The van der Waals surface area contributed by atoms with Crippen molar-refractivity contribution in [2.75, 3.05) is 14.2 Å². The van der Waals surface area contributed by atoms with Crippen LogP contribution in [-0.4, -0.2) is 20.0 Å². The fourth-order valence-corrected chi connectivity index (χ4v) is 2.89. The first-order valence-electron chi connectivity index (χ1n) is 7.77. The summed E-state index contributed by atoms with van der Waals surface area (Å²) >= 11 is 0. The lowest BCUT2D eigenvalue weighted by Crippen LogP contribution is -2.07. The zero-order valence-corrected chi connectivity index (χ0v) is 14.5. The van der Waals surface area contributed by atoms with Crippen LogP contribution in [0, 0.1) is 6.92 Å². The Morgan fingerprint density at radius 3 is 2.28 bits per heavy atom. The van der Waals surface area contributed by atoms with Crippen molar-refractivity contribution in [3.63, 3.8) is 0 Å². The predicted octanol–water partition coefficient (Wildman–Crippen LogP) is 3.99. The molecule has 0 spiro atoms. The van der Waals surface area contributed by atoms with Crippen LogP contribution in [0.5, 0.6) is 11.5 Å². The highest BCUT2D eigenvalue weighted by Crippen LogP contribution is 2.33. The van der Waals surface area contributed by atoms with Crippen molar-refractivity contribution in [3.05, 3.63) is 57.7 Å². The van der Waals surface area contributed by atoms with Crippen molar-refractivity contribution in [1.82, 2.24) is 0 Å². The number of carbonyl (C=O) groups excluding carboxylic acids is 1. The molecule has 1 aromatic heterocycles. The van der Waals surface area contributed by atoms with Crippen molar-refractivity contribution in [1.29, 1.82) is 0 Å². The molecule has 2 aromatic carbocycles. The SMILES string of the molecule is COc1ccc(-c2cc(=O)c3cc(C)c(OC)c(C(C)=O)c3o2)cc1. The topological polar surface area (TPSA) is 65.7 Å². The molecule has 0 saturated carbocycles. The van der Waals surface area contributed by atoms with Gasteiger partial charge in [0.05, 0.1) is 19.6 Å². The van der Waals surface area contributed by atoms with Crippen LogP contribution < -0.4 is 14.9 Å². The van der Waals surface area contributed by atoms with E-state index in [1.165, 1.54) is 20.1 Å². The van der Waals surface area contributed by atoms with E-state index in [0.717, 1.165) is 0 Å². The van der Waals surface area contributed by atoms with Crippen molar-refractivity contribution in [2.24, 2.45) is 0 Å². The van der Waals surface area contributed by atoms with Gasteiger partial charge in [-0.2, -0.15) is 0 Å². The summed E-state index contributed by atoms with van der Waals surface area (Å²) in [6, 6.07) is 10.3. The highest BCUT2D eigenvalue weighted by Gasteiger charge is 2.20. The average molecular weight is 338 g/mol. The van der Waals surface area contributed by atoms with E-state index in [-0.39, 0.29) is 22.4 Å². The second-order valence-electron chi connectivity index (χ2n) is 5.74. The number of aryl methyl sites for hydroxylation is 1. The molecular weight excluding hydrogens is 320 g/mol. The number of carbonyl (C=O) groups is 1. The Morgan fingerprint density at radius 1 is 1.04 bits per heavy atom. The molecule has 0 aliphatic rings. The van der Waals surface area contributed by atoms with Crippen LogP contribution in [0.4, 0.5) is 0 Å². The number of ether oxygens (including phenoxy) is 2. The van der Waals surface area contributed by atoms with Crippen LogP contribution in [-0.2, 0) is 0 Å². The first kappa shape index (κ1) is 16.8. The van der Waals surface area contributed by atoms with E-state index < -0.39 is 0 Å². The largest absolute Gasteiger partial charge is 0.497 e. The Kier molecular flexibility index (Phi) is 4.31. The minimum Gasteiger partial charge on any atom is -0.497 e. The quantitative estimate of drug-likeness (QED) is 0.673. The van der Waals surface area contributed by atoms with E-state index in [2.05, 4.69) is 0 Å². The fraction of sp³-hybridized carbons (Fsp3) is 0.200. The van der Waals surface area contributed by atoms with E-state index in [1.807, 2.05) is 0 Å². The number of benzene rings is 2. The highest BCUT2D eigenvalue weighted by atomic mass is 16.5. The summed E-state index contributed by atoms with van der Waals surface area (Å²) in [5.41, 5.74) is 1.75. The molecule has 0 N–H and O–H groups in total. The lowest BCUT2D eigenvalue weighted by Gasteiger charge is -2.13. The smallest absolute Gasteiger partial charge is 0.193 e. The van der Waals surface area contributed by atoms with E-state index in [1.54, 1.807) is 44.4 Å². The lowest BCUT2D eigenvalue weighted by atomic mass is 10.0. The van der Waals surface area contributed by atoms with Gasteiger partial charge < -0.3 is 13.9 Å². The highest BCUT2D eigenvalue weighted by molar-refractivity contribution is 6.08. The summed E-state index contributed by atoms with van der Waals surface area (Å²) in [7, 11) is 3.07. The number of methoxy groups -OCH3 is 2. The zero-order chi connectivity index (χ0) is 18.1. The Hall–Kier alpha value is -3.08. The Bertz CT molecular complexity index is 1010. The number of fused-ring (bicyclic) bond motifs is 1. The van der Waals surface area contributed by atoms with E-state index in [4.69, 9.17) is 13.9 Å². The minimum absolute atomic E-state index is 0.208. The maximum Gasteiger partial charge on any atom is 0.193 e. The van der Waals surface area contributed by atoms with Crippen LogP contribution in [0.15, 0.2) is 45.6 Å². The zero-order valence-electron chi connectivity index (χ0n) is 14.5. The third-order valence-electron chi connectivity index (χ3n) is 4.09. The number of hydrogen-bond acceptors (Lipinski definition) is 5. The third-order valence-corrected chi connectivity index (χ3v) is 4.09. The van der Waals surface area contributed by atoms with Gasteiger partial charge in [-0.25, -0.2) is 0 Å². The van der Waals surface area contributed by atoms with Gasteiger partial charge in [0, 0.05) is 11.6 Å². The van der Waals surface area contributed by atoms with Crippen LogP contribution in [0.2, 0.25) is 0 Å². The second-order valence-corrected chi connectivity index (χ2v) is 5.74. The molecule has 0 fully saturated rings. The summed E-state index contributed by atoms with van der Waals surface area (Å²) in [6.07, 6.45) is 0. The number of rotatable bonds is 4. The Morgan fingerprint density at radius 2 is 1.72 bits per heavy atom. The lowest BCUT2D eigenvalue weighted by molar-refractivity contribution is 0.101. The van der Waals surface area contributed by atoms with Crippen molar-refractivity contribution < 1.29 is 18.7 Å². The van der Waals surface area contributed by atoms with E-state index >= 15 is 0 Å². The summed E-state index contributed by atoms with van der Waals surface area (Å²) in [6.45, 7) is 3.22. The van der Waals surface area contributed by atoms with Gasteiger partial charge in [0.15, 0.2) is 16.8 Å². The molecule has 5 nitrogen and oxygen atoms in total. The summed E-state index contributed by atoms with van der Waals surface area (Å²) in [4.78, 5) is 24.8. The van der Waals surface area contributed by atoms with E-state index in [0.29, 0.717) is 33.8 Å². The Balaban J connectivity index is 2.33. The van der Waals surface area contributed by atoms with Gasteiger partial charge >= 0.3 is 0 Å². The van der Waals surface area contributed by atoms with Crippen LogP contribution in [0.25, 0.3) is 22.3 Å². The van der Waals surface area contributed by atoms with Gasteiger partial charge in [0.1, 0.15) is 22.8 Å². The molecule has 1 heterocycles. The fourth-order valence-electron chi connectivity index (χ4n) is 2.89. The molecule has 128 valence electrons. The third kappa shape index (κ3) is 2.89. The molecule has 25 heavy (non-hydrogen) atoms. The molecule has 0 bridgehead atoms. The molecule has 0 unspecified atom stereocenters. The molecule has 0 aliphatic heterocycles. The van der Waals surface area contributed by atoms with Gasteiger partial charge in [-0.05, 0) is 49.7 Å². The van der Waals surface area contributed by atoms with Crippen LogP contribution in [0.1, 0.15) is 22.8 Å². The van der Waals surface area contributed by atoms with Crippen molar-refractivity contribution in [3.8, 4) is 22.8 Å². The standard InChI is InChI=1S/C20H18O5/c1-11-9-15-16(22)10-17(13-5-7-14(23-3)8-6-13)25-20(15)18(12(2)21)19(11)24-4/h5-10H,1-4H3. The normalized spacial score (nSPS) is 10.7. The first-order chi connectivity index (χ1) is 12.0. The van der Waals surface area contributed by atoms with E-state index in [9.17, 15) is 9.59 Å². The second kappa shape index (κ2) is 6.43. The number of ketones is 1. The molecule has 0 atom stereocenters. The number of Topliss-reactive ketones (excluding diaryl/α,β-unsaturated/α-hetero) is 1. The maximum absolute atomic E-state index is 12.6. The number of hydrogen-bond donors (Lipinski definition) is 0. The van der Waals surface area contributed by atoms with Gasteiger partial charge in [0.2, 0.25) is 0 Å². The molecule has 0 saturated heterocycles. The summed E-state index contributed by atoms with van der Waals surface area (Å²) in [5, 5.41) is 0.362. The first-order valence-corrected chi connectivity index (χ1v) is 7.77. The minimum atomic E-state index is -0.222. The van der Waals surface area contributed by atoms with Crippen LogP contribution in [0.3, 0.4) is 0 Å². The summed E-state index contributed by atoms with van der Waals surface area (Å²) in [5.74, 6) is 1.29.